The number of hydrogen-bond donors (Lipinski definition) is 1. The Balaban J connectivity index is 1.40. The number of fused-ring (bicyclic) bond motifs is 1. The average Bonchev–Trinajstić information content (AvgIpc) is 3.12. The highest BCUT2D eigenvalue weighted by molar-refractivity contribution is 7.21. The van der Waals surface area contributed by atoms with Gasteiger partial charge < -0.3 is 10.1 Å². The van der Waals surface area contributed by atoms with Crippen molar-refractivity contribution in [1.82, 2.24) is 4.98 Å². The number of nitrogens with zero attached hydrogens (tertiary/aromatic N) is 1. The highest BCUT2D eigenvalue weighted by atomic mass is 32.1. The molecule has 5 heteroatoms. The summed E-state index contributed by atoms with van der Waals surface area (Å²) in [6, 6.07) is 23.4. The van der Waals surface area contributed by atoms with Crippen molar-refractivity contribution in [2.24, 2.45) is 0 Å². The van der Waals surface area contributed by atoms with Crippen LogP contribution in [0.4, 0.5) is 5.69 Å². The van der Waals surface area contributed by atoms with Crippen LogP contribution < -0.4 is 10.1 Å². The molecule has 0 radical (unpaired) electrons. The van der Waals surface area contributed by atoms with Gasteiger partial charge in [-0.05, 0) is 55.0 Å². The van der Waals surface area contributed by atoms with Crippen LogP contribution in [0.5, 0.6) is 5.75 Å². The lowest BCUT2D eigenvalue weighted by atomic mass is 10.2. The van der Waals surface area contributed by atoms with Gasteiger partial charge in [-0.2, -0.15) is 0 Å². The van der Waals surface area contributed by atoms with Gasteiger partial charge >= 0.3 is 0 Å². The molecular weight excluding hydrogens is 356 g/mol. The Kier molecular flexibility index (Phi) is 4.85. The molecule has 4 rings (SSSR count). The minimum atomic E-state index is -0.189. The van der Waals surface area contributed by atoms with Crippen LogP contribution in [0.25, 0.3) is 20.8 Å². The molecule has 0 unspecified atom stereocenters. The Morgan fingerprint density at radius 2 is 1.74 bits per heavy atom. The molecule has 0 saturated carbocycles. The van der Waals surface area contributed by atoms with E-state index in [4.69, 9.17) is 4.74 Å². The number of para-hydroxylation sites is 2. The Morgan fingerprint density at radius 3 is 2.52 bits per heavy atom. The summed E-state index contributed by atoms with van der Waals surface area (Å²) in [7, 11) is 0. The average molecular weight is 374 g/mol. The molecule has 0 bridgehead atoms. The van der Waals surface area contributed by atoms with E-state index < -0.39 is 0 Å². The number of carbonyl (C=O) groups is 1. The molecular formula is C22H18N2O2S. The van der Waals surface area contributed by atoms with Gasteiger partial charge in [0.2, 0.25) is 0 Å². The number of hydrogen-bond acceptors (Lipinski definition) is 4. The van der Waals surface area contributed by atoms with Gasteiger partial charge in [-0.15, -0.1) is 11.3 Å². The third-order valence-electron chi connectivity index (χ3n) is 4.16. The maximum Gasteiger partial charge on any atom is 0.262 e. The molecule has 0 fully saturated rings. The van der Waals surface area contributed by atoms with Crippen molar-refractivity contribution in [3.8, 4) is 16.3 Å². The molecule has 1 heterocycles. The van der Waals surface area contributed by atoms with E-state index in [1.807, 2.05) is 73.7 Å². The van der Waals surface area contributed by atoms with E-state index in [9.17, 15) is 4.79 Å². The van der Waals surface area contributed by atoms with E-state index in [0.717, 1.165) is 33.1 Å². The molecule has 1 aromatic heterocycles. The molecule has 0 spiro atoms. The lowest BCUT2D eigenvalue weighted by Gasteiger charge is -2.09. The molecule has 27 heavy (non-hydrogen) atoms. The van der Waals surface area contributed by atoms with Gasteiger partial charge in [-0.1, -0.05) is 30.3 Å². The number of carbonyl (C=O) groups excluding carboxylic acids is 1. The van der Waals surface area contributed by atoms with Gasteiger partial charge in [-0.25, -0.2) is 4.98 Å². The molecule has 3 aromatic carbocycles. The molecule has 1 amide bonds. The van der Waals surface area contributed by atoms with Gasteiger partial charge in [0.1, 0.15) is 10.8 Å². The van der Waals surface area contributed by atoms with Crippen molar-refractivity contribution >= 4 is 33.1 Å². The number of nitrogens with one attached hydrogen (secondary N) is 1. The van der Waals surface area contributed by atoms with Crippen LogP contribution in [-0.2, 0) is 4.79 Å². The normalized spacial score (nSPS) is 10.7. The van der Waals surface area contributed by atoms with Crippen molar-refractivity contribution in [2.45, 2.75) is 6.92 Å². The first-order valence-corrected chi connectivity index (χ1v) is 9.45. The van der Waals surface area contributed by atoms with E-state index >= 15 is 0 Å². The molecule has 4 aromatic rings. The number of anilines is 1. The van der Waals surface area contributed by atoms with Gasteiger partial charge in [0.25, 0.3) is 5.91 Å². The van der Waals surface area contributed by atoms with Crippen molar-refractivity contribution < 1.29 is 9.53 Å². The SMILES string of the molecule is Cc1ccccc1OCC(=O)Nc1ccc(-c2nc3ccccc3s2)cc1. The second-order valence-electron chi connectivity index (χ2n) is 6.17. The second kappa shape index (κ2) is 7.60. The van der Waals surface area contributed by atoms with Gasteiger partial charge in [0.05, 0.1) is 10.2 Å². The van der Waals surface area contributed by atoms with Gasteiger partial charge in [-0.3, -0.25) is 4.79 Å². The first-order chi connectivity index (χ1) is 13.2. The Hall–Kier alpha value is -3.18. The topological polar surface area (TPSA) is 51.2 Å². The van der Waals surface area contributed by atoms with E-state index in [2.05, 4.69) is 16.4 Å². The lowest BCUT2D eigenvalue weighted by molar-refractivity contribution is -0.118. The van der Waals surface area contributed by atoms with Crippen molar-refractivity contribution in [1.29, 1.82) is 0 Å². The monoisotopic (exact) mass is 374 g/mol. The zero-order valence-electron chi connectivity index (χ0n) is 14.8. The summed E-state index contributed by atoms with van der Waals surface area (Å²) in [5.41, 5.74) is 3.78. The van der Waals surface area contributed by atoms with Gasteiger partial charge in [0.15, 0.2) is 6.61 Å². The number of amides is 1. The standard InChI is InChI=1S/C22H18N2O2S/c1-15-6-2-4-8-19(15)26-14-21(25)23-17-12-10-16(11-13-17)22-24-18-7-3-5-9-20(18)27-22/h2-13H,14H2,1H3,(H,23,25). The second-order valence-corrected chi connectivity index (χ2v) is 7.20. The smallest absolute Gasteiger partial charge is 0.262 e. The summed E-state index contributed by atoms with van der Waals surface area (Å²) in [5, 5.41) is 3.83. The number of aromatic nitrogens is 1. The Labute approximate surface area is 161 Å². The predicted molar refractivity (Wildman–Crippen MR) is 110 cm³/mol. The molecule has 134 valence electrons. The summed E-state index contributed by atoms with van der Waals surface area (Å²) < 4.78 is 6.74. The minimum Gasteiger partial charge on any atom is -0.483 e. The van der Waals surface area contributed by atoms with Gasteiger partial charge in [0, 0.05) is 11.3 Å². The lowest BCUT2D eigenvalue weighted by Crippen LogP contribution is -2.20. The predicted octanol–water partition coefficient (Wildman–Crippen LogP) is 5.29. The fourth-order valence-electron chi connectivity index (χ4n) is 2.75. The molecule has 1 N–H and O–H groups in total. The largest absolute Gasteiger partial charge is 0.483 e. The first kappa shape index (κ1) is 17.2. The fraction of sp³-hybridized carbons (Fsp3) is 0.0909. The van der Waals surface area contributed by atoms with Crippen molar-refractivity contribution in [2.75, 3.05) is 11.9 Å². The van der Waals surface area contributed by atoms with Crippen LogP contribution in [0.15, 0.2) is 72.8 Å². The molecule has 0 aliphatic heterocycles. The minimum absolute atomic E-state index is 0.0233. The van der Waals surface area contributed by atoms with E-state index in [-0.39, 0.29) is 12.5 Å². The zero-order valence-corrected chi connectivity index (χ0v) is 15.6. The number of benzene rings is 3. The van der Waals surface area contributed by atoms with E-state index in [1.54, 1.807) is 11.3 Å². The summed E-state index contributed by atoms with van der Waals surface area (Å²) in [5.74, 6) is 0.532. The third-order valence-corrected chi connectivity index (χ3v) is 5.25. The van der Waals surface area contributed by atoms with E-state index in [0.29, 0.717) is 0 Å². The third kappa shape index (κ3) is 3.99. The summed E-state index contributed by atoms with van der Waals surface area (Å²) >= 11 is 1.66. The molecule has 0 saturated heterocycles. The fourth-order valence-corrected chi connectivity index (χ4v) is 3.72. The Bertz CT molecular complexity index is 1050. The quantitative estimate of drug-likeness (QED) is 0.516. The summed E-state index contributed by atoms with van der Waals surface area (Å²) in [6.07, 6.45) is 0. The maximum absolute atomic E-state index is 12.1. The highest BCUT2D eigenvalue weighted by Gasteiger charge is 2.08. The van der Waals surface area contributed by atoms with E-state index in [1.165, 1.54) is 4.70 Å². The number of thiazole rings is 1. The Morgan fingerprint density at radius 1 is 1.00 bits per heavy atom. The maximum atomic E-state index is 12.1. The first-order valence-electron chi connectivity index (χ1n) is 8.63. The molecule has 0 aliphatic rings. The molecule has 0 atom stereocenters. The van der Waals surface area contributed by atoms with Crippen molar-refractivity contribution in [3.63, 3.8) is 0 Å². The summed E-state index contributed by atoms with van der Waals surface area (Å²) in [4.78, 5) is 16.8. The van der Waals surface area contributed by atoms with Crippen LogP contribution in [0.2, 0.25) is 0 Å². The highest BCUT2D eigenvalue weighted by Crippen LogP contribution is 2.30. The van der Waals surface area contributed by atoms with Crippen LogP contribution in [0.3, 0.4) is 0 Å². The number of rotatable bonds is 5. The van der Waals surface area contributed by atoms with Crippen molar-refractivity contribution in [3.05, 3.63) is 78.4 Å². The van der Waals surface area contributed by atoms with Crippen LogP contribution in [0.1, 0.15) is 5.56 Å². The van der Waals surface area contributed by atoms with Crippen LogP contribution in [-0.4, -0.2) is 17.5 Å². The number of aryl methyl sites for hydroxylation is 1. The van der Waals surface area contributed by atoms with Crippen LogP contribution >= 0.6 is 11.3 Å². The molecule has 4 nitrogen and oxygen atoms in total. The van der Waals surface area contributed by atoms with Crippen LogP contribution in [0, 0.1) is 6.92 Å². The molecule has 0 aliphatic carbocycles. The number of ether oxygens (including phenoxy) is 1. The summed E-state index contributed by atoms with van der Waals surface area (Å²) in [6.45, 7) is 1.93. The zero-order chi connectivity index (χ0) is 18.6.